The maximum Gasteiger partial charge on any atom is 0.305 e. The molecule has 15 heavy (non-hydrogen) atoms. The molecule has 0 spiro atoms. The van der Waals surface area contributed by atoms with Gasteiger partial charge in [0, 0.05) is 26.7 Å². The summed E-state index contributed by atoms with van der Waals surface area (Å²) in [6.45, 7) is 3.74. The molecule has 0 amide bonds. The van der Waals surface area contributed by atoms with E-state index in [9.17, 15) is 9.59 Å². The van der Waals surface area contributed by atoms with Crippen molar-refractivity contribution in [1.29, 1.82) is 0 Å². The highest BCUT2D eigenvalue weighted by atomic mass is 16.7. The van der Waals surface area contributed by atoms with E-state index in [2.05, 4.69) is 0 Å². The smallest absolute Gasteiger partial charge is 0.305 e. The molecule has 1 saturated heterocycles. The van der Waals surface area contributed by atoms with E-state index in [-0.39, 0.29) is 12.4 Å². The number of carbonyl (C=O) groups is 2. The van der Waals surface area contributed by atoms with E-state index in [0.29, 0.717) is 26.1 Å². The fourth-order valence-corrected chi connectivity index (χ4v) is 1.40. The molecule has 1 rings (SSSR count). The summed E-state index contributed by atoms with van der Waals surface area (Å²) >= 11 is 0. The fraction of sp³-hybridized carbons (Fsp3) is 0.800. The Hall–Kier alpha value is -0.940. The molecular formula is C10H16O5. The summed E-state index contributed by atoms with van der Waals surface area (Å²) < 4.78 is 15.5. The van der Waals surface area contributed by atoms with E-state index in [1.807, 2.05) is 0 Å². The number of rotatable bonds is 1. The highest BCUT2D eigenvalue weighted by Crippen LogP contribution is 2.21. The summed E-state index contributed by atoms with van der Waals surface area (Å²) in [7, 11) is 0. The number of Topliss-reactive ketones (excluding diaryl/α,β-unsaturated/α-hetero) is 1. The van der Waals surface area contributed by atoms with Crippen molar-refractivity contribution in [3.63, 3.8) is 0 Å². The van der Waals surface area contributed by atoms with E-state index in [0.717, 1.165) is 0 Å². The lowest BCUT2D eigenvalue weighted by molar-refractivity contribution is -0.226. The molecule has 86 valence electrons. The molecule has 0 aromatic rings. The van der Waals surface area contributed by atoms with Crippen LogP contribution in [0.2, 0.25) is 0 Å². The van der Waals surface area contributed by atoms with Crippen molar-refractivity contribution in [3.05, 3.63) is 0 Å². The molecule has 1 atom stereocenters. The largest absolute Gasteiger partial charge is 0.434 e. The molecule has 0 saturated carbocycles. The standard InChI is InChI=1S/C10H16O5/c1-8(11)15-10(2)4-3-9(12)7-13-5-6-14-10/h3-7H2,1-2H3. The van der Waals surface area contributed by atoms with Gasteiger partial charge in [-0.2, -0.15) is 0 Å². The van der Waals surface area contributed by atoms with Gasteiger partial charge in [0.25, 0.3) is 0 Å². The van der Waals surface area contributed by atoms with Crippen LogP contribution in [0.5, 0.6) is 0 Å². The summed E-state index contributed by atoms with van der Waals surface area (Å²) in [5.74, 6) is -1.42. The van der Waals surface area contributed by atoms with Gasteiger partial charge in [-0.25, -0.2) is 0 Å². The highest BCUT2D eigenvalue weighted by molar-refractivity contribution is 5.79. The zero-order valence-corrected chi connectivity index (χ0v) is 9.08. The van der Waals surface area contributed by atoms with Gasteiger partial charge in [0.1, 0.15) is 6.61 Å². The minimum Gasteiger partial charge on any atom is -0.434 e. The number of esters is 1. The zero-order valence-electron chi connectivity index (χ0n) is 9.08. The second-order valence-corrected chi connectivity index (χ2v) is 3.67. The molecule has 0 aromatic carbocycles. The van der Waals surface area contributed by atoms with Crippen LogP contribution in [-0.2, 0) is 23.8 Å². The predicted molar refractivity (Wildman–Crippen MR) is 51.2 cm³/mol. The monoisotopic (exact) mass is 216 g/mol. The van der Waals surface area contributed by atoms with Gasteiger partial charge in [-0.05, 0) is 0 Å². The van der Waals surface area contributed by atoms with Gasteiger partial charge in [-0.15, -0.1) is 0 Å². The van der Waals surface area contributed by atoms with Gasteiger partial charge in [0.05, 0.1) is 13.2 Å². The highest BCUT2D eigenvalue weighted by Gasteiger charge is 2.30. The van der Waals surface area contributed by atoms with Gasteiger partial charge in [-0.3, -0.25) is 9.59 Å². The lowest BCUT2D eigenvalue weighted by atomic mass is 10.1. The first kappa shape index (κ1) is 12.1. The summed E-state index contributed by atoms with van der Waals surface area (Å²) in [4.78, 5) is 22.1. The Bertz CT molecular complexity index is 250. The molecule has 0 radical (unpaired) electrons. The molecule has 0 bridgehead atoms. The van der Waals surface area contributed by atoms with Crippen LogP contribution in [0.3, 0.4) is 0 Å². The van der Waals surface area contributed by atoms with Crippen LogP contribution in [0.15, 0.2) is 0 Å². The van der Waals surface area contributed by atoms with Crippen LogP contribution in [0.25, 0.3) is 0 Å². The van der Waals surface area contributed by atoms with Crippen molar-refractivity contribution in [3.8, 4) is 0 Å². The zero-order chi connectivity index (χ0) is 11.3. The molecule has 0 aliphatic carbocycles. The third-order valence-electron chi connectivity index (χ3n) is 2.12. The first-order chi connectivity index (χ1) is 7.02. The predicted octanol–water partition coefficient (Wildman–Crippen LogP) is 0.662. The molecule has 0 N–H and O–H groups in total. The molecule has 1 unspecified atom stereocenters. The summed E-state index contributed by atoms with van der Waals surface area (Å²) in [6.07, 6.45) is 0.665. The van der Waals surface area contributed by atoms with Crippen molar-refractivity contribution < 1.29 is 23.8 Å². The molecule has 0 aromatic heterocycles. The topological polar surface area (TPSA) is 61.8 Å². The Kier molecular flexibility index (Phi) is 4.23. The van der Waals surface area contributed by atoms with Crippen LogP contribution in [0, 0.1) is 0 Å². The average Bonchev–Trinajstić information content (AvgIpc) is 2.19. The van der Waals surface area contributed by atoms with E-state index in [1.165, 1.54) is 6.92 Å². The normalized spacial score (nSPS) is 28.8. The van der Waals surface area contributed by atoms with Crippen LogP contribution in [-0.4, -0.2) is 37.4 Å². The van der Waals surface area contributed by atoms with Crippen LogP contribution in [0.1, 0.15) is 26.7 Å². The first-order valence-corrected chi connectivity index (χ1v) is 4.95. The quantitative estimate of drug-likeness (QED) is 0.602. The molecule has 1 heterocycles. The second-order valence-electron chi connectivity index (χ2n) is 3.67. The maximum absolute atomic E-state index is 11.2. The molecular weight excluding hydrogens is 200 g/mol. The number of carbonyl (C=O) groups excluding carboxylic acids is 2. The van der Waals surface area contributed by atoms with Gasteiger partial charge in [-0.1, -0.05) is 0 Å². The number of ketones is 1. The summed E-state index contributed by atoms with van der Waals surface area (Å²) in [5, 5.41) is 0. The van der Waals surface area contributed by atoms with Gasteiger partial charge < -0.3 is 14.2 Å². The van der Waals surface area contributed by atoms with Crippen molar-refractivity contribution in [2.24, 2.45) is 0 Å². The van der Waals surface area contributed by atoms with Crippen molar-refractivity contribution in [1.82, 2.24) is 0 Å². The van der Waals surface area contributed by atoms with Crippen LogP contribution < -0.4 is 0 Å². The Labute approximate surface area is 88.7 Å². The first-order valence-electron chi connectivity index (χ1n) is 4.95. The van der Waals surface area contributed by atoms with Crippen molar-refractivity contribution >= 4 is 11.8 Å². The van der Waals surface area contributed by atoms with E-state index >= 15 is 0 Å². The molecule has 1 fully saturated rings. The van der Waals surface area contributed by atoms with Crippen molar-refractivity contribution in [2.75, 3.05) is 19.8 Å². The van der Waals surface area contributed by atoms with E-state index in [4.69, 9.17) is 14.2 Å². The van der Waals surface area contributed by atoms with E-state index < -0.39 is 11.8 Å². The SMILES string of the molecule is CC(=O)OC1(C)CCC(=O)COCCO1. The van der Waals surface area contributed by atoms with Crippen molar-refractivity contribution in [2.45, 2.75) is 32.5 Å². The van der Waals surface area contributed by atoms with E-state index in [1.54, 1.807) is 6.92 Å². The maximum atomic E-state index is 11.2. The Morgan fingerprint density at radius 3 is 2.87 bits per heavy atom. The Morgan fingerprint density at radius 1 is 1.47 bits per heavy atom. The Morgan fingerprint density at radius 2 is 2.20 bits per heavy atom. The van der Waals surface area contributed by atoms with Crippen LogP contribution >= 0.6 is 0 Å². The molecule has 1 aliphatic rings. The number of ether oxygens (including phenoxy) is 3. The Balaban J connectivity index is 2.59. The van der Waals surface area contributed by atoms with Crippen LogP contribution in [0.4, 0.5) is 0 Å². The second kappa shape index (κ2) is 5.23. The lowest BCUT2D eigenvalue weighted by Crippen LogP contribution is -2.35. The average molecular weight is 216 g/mol. The number of hydrogen-bond acceptors (Lipinski definition) is 5. The molecule has 5 nitrogen and oxygen atoms in total. The minimum atomic E-state index is -1.00. The molecule has 1 aliphatic heterocycles. The minimum absolute atomic E-state index is 0.00104. The third-order valence-corrected chi connectivity index (χ3v) is 2.12. The van der Waals surface area contributed by atoms with Gasteiger partial charge >= 0.3 is 5.97 Å². The fourth-order valence-electron chi connectivity index (χ4n) is 1.40. The van der Waals surface area contributed by atoms with Gasteiger partial charge in [0.15, 0.2) is 5.78 Å². The third kappa shape index (κ3) is 4.40. The lowest BCUT2D eigenvalue weighted by Gasteiger charge is -2.28. The summed E-state index contributed by atoms with van der Waals surface area (Å²) in [5.41, 5.74) is 0. The summed E-state index contributed by atoms with van der Waals surface area (Å²) in [6, 6.07) is 0. The number of hydrogen-bond donors (Lipinski definition) is 0. The molecule has 5 heteroatoms. The van der Waals surface area contributed by atoms with Gasteiger partial charge in [0.2, 0.25) is 5.79 Å².